The predicted molar refractivity (Wildman–Crippen MR) is 174 cm³/mol. The molecule has 0 N–H and O–H groups in total. The summed E-state index contributed by atoms with van der Waals surface area (Å²) in [7, 11) is 4.30. The summed E-state index contributed by atoms with van der Waals surface area (Å²) in [6.45, 7) is 7.10. The molecule has 2 atom stereocenters. The highest BCUT2D eigenvalue weighted by Gasteiger charge is 2.42. The molecular weight excluding hydrogens is 542 g/mol. The van der Waals surface area contributed by atoms with Crippen molar-refractivity contribution in [1.29, 1.82) is 0 Å². The third-order valence-electron chi connectivity index (χ3n) is 8.53. The summed E-state index contributed by atoms with van der Waals surface area (Å²) in [5.41, 5.74) is 3.04. The van der Waals surface area contributed by atoms with Crippen LogP contribution >= 0.6 is 0 Å². The van der Waals surface area contributed by atoms with Gasteiger partial charge in [-0.15, -0.1) is 0 Å². The molecule has 0 bridgehead atoms. The van der Waals surface area contributed by atoms with E-state index < -0.39 is 17.9 Å². The summed E-state index contributed by atoms with van der Waals surface area (Å²) in [4.78, 5) is 30.8. The van der Waals surface area contributed by atoms with Gasteiger partial charge in [0.2, 0.25) is 0 Å². The molecule has 0 aliphatic carbocycles. The van der Waals surface area contributed by atoms with E-state index in [0.717, 1.165) is 41.9 Å². The lowest BCUT2D eigenvalue weighted by atomic mass is 9.72. The van der Waals surface area contributed by atoms with Crippen LogP contribution in [-0.2, 0) is 30.2 Å². The fourth-order valence-corrected chi connectivity index (χ4v) is 6.24. The second kappa shape index (κ2) is 21.1. The Hall–Kier alpha value is -2.67. The number of unbranched alkanes of at least 4 members (excludes halogenated alkanes) is 12. The molecule has 0 spiro atoms. The topological polar surface area (TPSA) is 83.4 Å². The fourth-order valence-electron chi connectivity index (χ4n) is 6.24. The van der Waals surface area contributed by atoms with Gasteiger partial charge in [-0.05, 0) is 44.7 Å². The molecule has 1 aliphatic rings. The maximum absolute atomic E-state index is 13.3. The molecule has 242 valence electrons. The average Bonchev–Trinajstić information content (AvgIpc) is 3.01. The van der Waals surface area contributed by atoms with E-state index in [9.17, 15) is 9.59 Å². The highest BCUT2D eigenvalue weighted by atomic mass is 16.5. The van der Waals surface area contributed by atoms with Gasteiger partial charge < -0.3 is 18.9 Å². The molecule has 1 aliphatic heterocycles. The van der Waals surface area contributed by atoms with E-state index >= 15 is 0 Å². The molecule has 43 heavy (non-hydrogen) atoms. The smallest absolute Gasteiger partial charge is 0.357 e. The highest BCUT2D eigenvalue weighted by Crippen LogP contribution is 2.46. The summed E-state index contributed by atoms with van der Waals surface area (Å²) in [5.74, 6) is -1.16. The Morgan fingerprint density at radius 3 is 1.91 bits per heavy atom. The Morgan fingerprint density at radius 2 is 1.37 bits per heavy atom. The fraction of sp³-hybridized carbons (Fsp3) is 0.694. The lowest BCUT2D eigenvalue weighted by Gasteiger charge is -2.35. The molecule has 1 aromatic rings. The predicted octanol–water partition coefficient (Wildman–Crippen LogP) is 8.53. The zero-order chi connectivity index (χ0) is 31.5. The van der Waals surface area contributed by atoms with Crippen molar-refractivity contribution in [3.63, 3.8) is 0 Å². The average molecular weight is 600 g/mol. The number of benzene rings is 1. The van der Waals surface area contributed by atoms with Crippen molar-refractivity contribution in [1.82, 2.24) is 0 Å². The number of rotatable bonds is 22. The molecule has 0 saturated heterocycles. The van der Waals surface area contributed by atoms with Gasteiger partial charge >= 0.3 is 11.9 Å². The van der Waals surface area contributed by atoms with E-state index in [1.165, 1.54) is 84.8 Å². The summed E-state index contributed by atoms with van der Waals surface area (Å²) in [6, 6.07) is 6.09. The Morgan fingerprint density at radius 1 is 0.791 bits per heavy atom. The SMILES string of the molecule is CCCCCCCCCCCCCCCc1cccc(OCC)c1C1C(C(=O)OC)=C(C(=O)OC)N=C(C)C1CCOC. The van der Waals surface area contributed by atoms with Crippen LogP contribution in [0.4, 0.5) is 0 Å². The number of nitrogens with zero attached hydrogens (tertiary/aromatic N) is 1. The number of carbonyl (C=O) groups is 2. The second-order valence-corrected chi connectivity index (χ2v) is 11.6. The van der Waals surface area contributed by atoms with E-state index in [0.29, 0.717) is 19.6 Å². The summed E-state index contributed by atoms with van der Waals surface area (Å²) < 4.78 is 21.9. The van der Waals surface area contributed by atoms with Crippen LogP contribution in [0.5, 0.6) is 5.75 Å². The second-order valence-electron chi connectivity index (χ2n) is 11.6. The van der Waals surface area contributed by atoms with Crippen LogP contribution in [0.15, 0.2) is 34.5 Å². The van der Waals surface area contributed by atoms with Crippen molar-refractivity contribution >= 4 is 17.7 Å². The number of aryl methyl sites for hydroxylation is 1. The summed E-state index contributed by atoms with van der Waals surface area (Å²) in [6.07, 6.45) is 18.4. The van der Waals surface area contributed by atoms with Gasteiger partial charge in [0, 0.05) is 36.8 Å². The van der Waals surface area contributed by atoms with Gasteiger partial charge in [-0.3, -0.25) is 0 Å². The number of ether oxygens (including phenoxy) is 4. The van der Waals surface area contributed by atoms with Gasteiger partial charge in [-0.25, -0.2) is 14.6 Å². The molecule has 0 aromatic heterocycles. The zero-order valence-corrected chi connectivity index (χ0v) is 27.8. The molecule has 0 amide bonds. The van der Waals surface area contributed by atoms with E-state index in [1.807, 2.05) is 26.0 Å². The number of aliphatic imine (C=N–C) groups is 1. The molecule has 0 fully saturated rings. The third kappa shape index (κ3) is 11.4. The maximum atomic E-state index is 13.3. The van der Waals surface area contributed by atoms with Crippen LogP contribution < -0.4 is 4.74 Å². The lowest BCUT2D eigenvalue weighted by Crippen LogP contribution is -2.34. The first kappa shape index (κ1) is 36.5. The van der Waals surface area contributed by atoms with Crippen LogP contribution in [0.1, 0.15) is 128 Å². The van der Waals surface area contributed by atoms with E-state index in [1.54, 1.807) is 7.11 Å². The maximum Gasteiger partial charge on any atom is 0.357 e. The first-order valence-electron chi connectivity index (χ1n) is 16.6. The summed E-state index contributed by atoms with van der Waals surface area (Å²) in [5, 5.41) is 0. The zero-order valence-electron chi connectivity index (χ0n) is 27.8. The lowest BCUT2D eigenvalue weighted by molar-refractivity contribution is -0.139. The van der Waals surface area contributed by atoms with E-state index in [-0.39, 0.29) is 17.2 Å². The standard InChI is InChI=1S/C36H57NO6/c1-7-9-10-11-12-13-14-15-16-17-18-19-20-22-28-23-21-24-30(43-8-2)31(28)32-29(25-26-40-4)27(3)37-34(36(39)42-6)33(32)35(38)41-5/h21,23-24,29,32H,7-20,22,25-26H2,1-6H3. The first-order chi connectivity index (χ1) is 20.9. The quantitative estimate of drug-likeness (QED) is 0.0981. The molecule has 0 radical (unpaired) electrons. The minimum Gasteiger partial charge on any atom is -0.494 e. The normalized spacial score (nSPS) is 16.7. The van der Waals surface area contributed by atoms with Gasteiger partial charge in [-0.1, -0.05) is 96.1 Å². The minimum absolute atomic E-state index is 0.00345. The number of esters is 2. The largest absolute Gasteiger partial charge is 0.494 e. The monoisotopic (exact) mass is 599 g/mol. The molecule has 1 heterocycles. The van der Waals surface area contributed by atoms with Crippen molar-refractivity contribution in [2.45, 2.75) is 123 Å². The number of hydrogen-bond donors (Lipinski definition) is 0. The van der Waals surface area contributed by atoms with Crippen LogP contribution in [-0.4, -0.2) is 52.2 Å². The molecule has 2 rings (SSSR count). The van der Waals surface area contributed by atoms with Crippen LogP contribution in [0.2, 0.25) is 0 Å². The van der Waals surface area contributed by atoms with E-state index in [2.05, 4.69) is 18.0 Å². The van der Waals surface area contributed by atoms with Gasteiger partial charge in [0.1, 0.15) is 5.75 Å². The third-order valence-corrected chi connectivity index (χ3v) is 8.53. The first-order valence-corrected chi connectivity index (χ1v) is 16.6. The Bertz CT molecular complexity index is 1050. The Kier molecular flexibility index (Phi) is 17.9. The van der Waals surface area contributed by atoms with Gasteiger partial charge in [-0.2, -0.15) is 0 Å². The van der Waals surface area contributed by atoms with Crippen molar-refractivity contribution in [2.24, 2.45) is 10.9 Å². The summed E-state index contributed by atoms with van der Waals surface area (Å²) >= 11 is 0. The molecule has 7 heteroatoms. The van der Waals surface area contributed by atoms with Gasteiger partial charge in [0.15, 0.2) is 5.70 Å². The molecular formula is C36H57NO6. The van der Waals surface area contributed by atoms with Gasteiger partial charge in [0.05, 0.1) is 26.4 Å². The van der Waals surface area contributed by atoms with Crippen molar-refractivity contribution in [2.75, 3.05) is 34.5 Å². The van der Waals surface area contributed by atoms with Crippen LogP contribution in [0.3, 0.4) is 0 Å². The Labute approximate surface area is 260 Å². The molecule has 1 aromatic carbocycles. The van der Waals surface area contributed by atoms with Crippen molar-refractivity contribution in [3.8, 4) is 5.75 Å². The highest BCUT2D eigenvalue weighted by molar-refractivity contribution is 6.06. The molecule has 7 nitrogen and oxygen atoms in total. The minimum atomic E-state index is -0.651. The van der Waals surface area contributed by atoms with E-state index in [4.69, 9.17) is 18.9 Å². The van der Waals surface area contributed by atoms with Gasteiger partial charge in [0.25, 0.3) is 0 Å². The van der Waals surface area contributed by atoms with Crippen molar-refractivity contribution in [3.05, 3.63) is 40.6 Å². The van der Waals surface area contributed by atoms with Crippen molar-refractivity contribution < 1.29 is 28.5 Å². The molecule has 2 unspecified atom stereocenters. The number of methoxy groups -OCH3 is 3. The number of hydrogen-bond acceptors (Lipinski definition) is 7. The molecule has 0 saturated carbocycles. The van der Waals surface area contributed by atoms with Crippen LogP contribution in [0, 0.1) is 5.92 Å². The Balaban J connectivity index is 2.22. The number of carbonyl (C=O) groups excluding carboxylic acids is 2. The van der Waals surface area contributed by atoms with Crippen LogP contribution in [0.25, 0.3) is 0 Å².